The first kappa shape index (κ1) is 17.4. The largest absolute Gasteiger partial charge is 0.492 e. The lowest BCUT2D eigenvalue weighted by Crippen LogP contribution is -2.14. The molecule has 0 aliphatic carbocycles. The number of H-pyrrole nitrogens is 1. The predicted molar refractivity (Wildman–Crippen MR) is 95.6 cm³/mol. The molecule has 0 bridgehead atoms. The highest BCUT2D eigenvalue weighted by atomic mass is 16.5. The summed E-state index contributed by atoms with van der Waals surface area (Å²) in [5.41, 5.74) is 1.17. The van der Waals surface area contributed by atoms with Crippen molar-refractivity contribution in [2.24, 2.45) is 5.92 Å². The number of nitrogens with zero attached hydrogens (tertiary/aromatic N) is 2. The van der Waals surface area contributed by atoms with Gasteiger partial charge >= 0.3 is 5.97 Å². The van der Waals surface area contributed by atoms with Gasteiger partial charge in [0.1, 0.15) is 11.3 Å². The van der Waals surface area contributed by atoms with Gasteiger partial charge in [-0.3, -0.25) is 15.1 Å². The Morgan fingerprint density at radius 2 is 2.12 bits per heavy atom. The summed E-state index contributed by atoms with van der Waals surface area (Å²) in [6.45, 7) is 4.57. The molecular weight excluding hydrogens is 336 g/mol. The number of hydrogen-bond donors (Lipinski definition) is 3. The number of aromatic nitrogens is 3. The van der Waals surface area contributed by atoms with Gasteiger partial charge in [0, 0.05) is 6.20 Å². The fourth-order valence-corrected chi connectivity index (χ4v) is 2.33. The molecule has 1 aromatic carbocycles. The molecule has 0 aliphatic heterocycles. The number of amides is 1. The highest BCUT2D eigenvalue weighted by Gasteiger charge is 2.15. The van der Waals surface area contributed by atoms with Crippen LogP contribution in [0.2, 0.25) is 0 Å². The van der Waals surface area contributed by atoms with Crippen LogP contribution >= 0.6 is 0 Å². The summed E-state index contributed by atoms with van der Waals surface area (Å²) in [5, 5.41) is 11.8. The van der Waals surface area contributed by atoms with Crippen LogP contribution in [0.5, 0.6) is 5.75 Å². The number of rotatable bonds is 6. The van der Waals surface area contributed by atoms with Gasteiger partial charge < -0.3 is 14.8 Å². The topological polar surface area (TPSA) is 117 Å². The van der Waals surface area contributed by atoms with Crippen LogP contribution in [-0.2, 0) is 0 Å². The number of carbonyl (C=O) groups excluding carboxylic acids is 1. The van der Waals surface area contributed by atoms with E-state index < -0.39 is 11.9 Å². The van der Waals surface area contributed by atoms with Gasteiger partial charge in [0.25, 0.3) is 5.91 Å². The van der Waals surface area contributed by atoms with E-state index in [9.17, 15) is 14.7 Å². The highest BCUT2D eigenvalue weighted by molar-refractivity contribution is 6.05. The van der Waals surface area contributed by atoms with Crippen LogP contribution < -0.4 is 10.1 Å². The molecule has 26 heavy (non-hydrogen) atoms. The number of benzene rings is 1. The summed E-state index contributed by atoms with van der Waals surface area (Å²) in [6, 6.07) is 6.34. The van der Waals surface area contributed by atoms with Crippen molar-refractivity contribution >= 4 is 28.9 Å². The number of pyridine rings is 1. The smallest absolute Gasteiger partial charge is 0.337 e. The molecule has 0 unspecified atom stereocenters. The summed E-state index contributed by atoms with van der Waals surface area (Å²) in [7, 11) is 0. The Kier molecular flexibility index (Phi) is 4.83. The molecule has 2 aromatic heterocycles. The van der Waals surface area contributed by atoms with E-state index in [2.05, 4.69) is 20.3 Å². The van der Waals surface area contributed by atoms with Crippen molar-refractivity contribution in [2.45, 2.75) is 13.8 Å². The molecule has 3 N–H and O–H groups in total. The number of para-hydroxylation sites is 1. The third kappa shape index (κ3) is 3.80. The molecule has 1 amide bonds. The van der Waals surface area contributed by atoms with Crippen LogP contribution in [0.15, 0.2) is 36.7 Å². The minimum absolute atomic E-state index is 0.0602. The Morgan fingerprint density at radius 1 is 1.31 bits per heavy atom. The van der Waals surface area contributed by atoms with Gasteiger partial charge in [0.2, 0.25) is 5.95 Å². The molecule has 0 saturated carbocycles. The number of hydrogen-bond acceptors (Lipinski definition) is 5. The van der Waals surface area contributed by atoms with Gasteiger partial charge in [-0.15, -0.1) is 0 Å². The van der Waals surface area contributed by atoms with Crippen LogP contribution in [0, 0.1) is 5.92 Å². The van der Waals surface area contributed by atoms with Gasteiger partial charge in [-0.2, -0.15) is 0 Å². The van der Waals surface area contributed by atoms with E-state index in [1.807, 2.05) is 13.8 Å². The summed E-state index contributed by atoms with van der Waals surface area (Å²) < 4.78 is 5.57. The third-order valence-corrected chi connectivity index (χ3v) is 3.53. The molecule has 2 heterocycles. The lowest BCUT2D eigenvalue weighted by molar-refractivity contribution is 0.0698. The number of carbonyl (C=O) groups is 2. The number of ether oxygens (including phenoxy) is 1. The Labute approximate surface area is 149 Å². The van der Waals surface area contributed by atoms with Crippen LogP contribution in [0.1, 0.15) is 34.6 Å². The maximum absolute atomic E-state index is 12.4. The average molecular weight is 354 g/mol. The average Bonchev–Trinajstić information content (AvgIpc) is 3.02. The molecular formula is C18H18N4O4. The zero-order valence-corrected chi connectivity index (χ0v) is 14.3. The minimum atomic E-state index is -1.08. The van der Waals surface area contributed by atoms with E-state index in [1.54, 1.807) is 24.4 Å². The number of nitrogens with one attached hydrogen (secondary N) is 2. The Balaban J connectivity index is 1.80. The Morgan fingerprint density at radius 3 is 2.85 bits per heavy atom. The van der Waals surface area contributed by atoms with Crippen molar-refractivity contribution in [3.63, 3.8) is 0 Å². The molecule has 3 aromatic rings. The molecule has 0 fully saturated rings. The van der Waals surface area contributed by atoms with Crippen LogP contribution in [-0.4, -0.2) is 38.5 Å². The van der Waals surface area contributed by atoms with Gasteiger partial charge in [0.15, 0.2) is 0 Å². The Bertz CT molecular complexity index is 965. The molecule has 0 spiro atoms. The van der Waals surface area contributed by atoms with Crippen molar-refractivity contribution in [1.29, 1.82) is 0 Å². The summed E-state index contributed by atoms with van der Waals surface area (Å²) in [4.78, 5) is 34.7. The van der Waals surface area contributed by atoms with E-state index in [0.29, 0.717) is 29.4 Å². The third-order valence-electron chi connectivity index (χ3n) is 3.53. The molecule has 0 saturated heterocycles. The number of fused-ring (bicyclic) bond motifs is 1. The highest BCUT2D eigenvalue weighted by Crippen LogP contribution is 2.19. The molecule has 134 valence electrons. The zero-order chi connectivity index (χ0) is 18.7. The first-order valence-corrected chi connectivity index (χ1v) is 8.05. The monoisotopic (exact) mass is 354 g/mol. The van der Waals surface area contributed by atoms with Gasteiger partial charge in [0.05, 0.1) is 29.4 Å². The molecule has 0 radical (unpaired) electrons. The number of aromatic amines is 1. The number of carboxylic acids is 1. The lowest BCUT2D eigenvalue weighted by atomic mass is 10.2. The van der Waals surface area contributed by atoms with Crippen molar-refractivity contribution in [2.75, 3.05) is 11.9 Å². The molecule has 8 heteroatoms. The first-order chi connectivity index (χ1) is 12.4. The summed E-state index contributed by atoms with van der Waals surface area (Å²) in [6.07, 6.45) is 2.96. The van der Waals surface area contributed by atoms with Crippen molar-refractivity contribution in [3.8, 4) is 5.75 Å². The fourth-order valence-electron chi connectivity index (χ4n) is 2.33. The van der Waals surface area contributed by atoms with E-state index in [0.717, 1.165) is 0 Å². The van der Waals surface area contributed by atoms with Crippen LogP contribution in [0.3, 0.4) is 0 Å². The molecule has 0 atom stereocenters. The second-order valence-corrected chi connectivity index (χ2v) is 6.16. The second-order valence-electron chi connectivity index (χ2n) is 6.16. The zero-order valence-electron chi connectivity index (χ0n) is 14.3. The standard InChI is InChI=1S/C18H18N4O4/c1-10(2)9-26-12-6-11(7-19-8-12)16(23)22-18-20-14-5-3-4-13(17(24)25)15(14)21-18/h3-8,10H,9H2,1-2H3,(H,24,25)(H2,20,21,22,23). The van der Waals surface area contributed by atoms with E-state index in [1.165, 1.54) is 12.3 Å². The van der Waals surface area contributed by atoms with E-state index >= 15 is 0 Å². The quantitative estimate of drug-likeness (QED) is 0.626. The molecule has 3 rings (SSSR count). The maximum atomic E-state index is 12.4. The van der Waals surface area contributed by atoms with E-state index in [4.69, 9.17) is 4.74 Å². The second kappa shape index (κ2) is 7.22. The summed E-state index contributed by atoms with van der Waals surface area (Å²) >= 11 is 0. The normalized spacial score (nSPS) is 10.9. The minimum Gasteiger partial charge on any atom is -0.492 e. The number of aromatic carboxylic acids is 1. The summed E-state index contributed by atoms with van der Waals surface area (Å²) in [5.74, 6) is -0.495. The lowest BCUT2D eigenvalue weighted by Gasteiger charge is -2.09. The maximum Gasteiger partial charge on any atom is 0.337 e. The first-order valence-electron chi connectivity index (χ1n) is 8.05. The number of anilines is 1. The van der Waals surface area contributed by atoms with Gasteiger partial charge in [-0.25, -0.2) is 9.78 Å². The van der Waals surface area contributed by atoms with E-state index in [-0.39, 0.29) is 17.0 Å². The van der Waals surface area contributed by atoms with Gasteiger partial charge in [-0.05, 0) is 24.1 Å². The number of imidazole rings is 1. The SMILES string of the molecule is CC(C)COc1cncc(C(=O)Nc2nc3c(C(=O)O)cccc3[nH]2)c1. The van der Waals surface area contributed by atoms with Gasteiger partial charge in [-0.1, -0.05) is 19.9 Å². The van der Waals surface area contributed by atoms with Crippen molar-refractivity contribution < 1.29 is 19.4 Å². The molecule has 8 nitrogen and oxygen atoms in total. The number of carboxylic acid groups (broad SMARTS) is 1. The Hall–Kier alpha value is -3.42. The van der Waals surface area contributed by atoms with Crippen molar-refractivity contribution in [1.82, 2.24) is 15.0 Å². The molecule has 0 aliphatic rings. The van der Waals surface area contributed by atoms with Crippen LogP contribution in [0.25, 0.3) is 11.0 Å². The van der Waals surface area contributed by atoms with Crippen molar-refractivity contribution in [3.05, 3.63) is 47.8 Å². The van der Waals surface area contributed by atoms with Crippen LogP contribution in [0.4, 0.5) is 5.95 Å². The fraction of sp³-hybridized carbons (Fsp3) is 0.222. The predicted octanol–water partition coefficient (Wildman–Crippen LogP) is 2.94.